The molecule has 0 aliphatic rings. The summed E-state index contributed by atoms with van der Waals surface area (Å²) in [4.78, 5) is 18.7. The summed E-state index contributed by atoms with van der Waals surface area (Å²) in [6.45, 7) is 0. The maximum Gasteiger partial charge on any atom is 0.264 e. The summed E-state index contributed by atoms with van der Waals surface area (Å²) in [6, 6.07) is 10.5. The predicted octanol–water partition coefficient (Wildman–Crippen LogP) is 4.80. The normalized spacial score (nSPS) is 11.2. The molecule has 0 aliphatic heterocycles. The molecule has 0 bridgehead atoms. The summed E-state index contributed by atoms with van der Waals surface area (Å²) in [7, 11) is 0. The summed E-state index contributed by atoms with van der Waals surface area (Å²) < 4.78 is 14.5. The van der Waals surface area contributed by atoms with Gasteiger partial charge >= 0.3 is 0 Å². The van der Waals surface area contributed by atoms with Crippen LogP contribution in [-0.2, 0) is 0 Å². The Balaban J connectivity index is 2.16. The minimum atomic E-state index is -0.632. The SMILES string of the molecule is O=c1[nH]c(=S)n(-c2ccc(F)c(Cl)c2)c(O)c1C=Nc1ccccc1Cl. The molecule has 0 amide bonds. The standard InChI is InChI=1S/C17H10Cl2FN3O2S/c18-11-3-1-2-4-14(11)21-8-10-15(24)22-17(26)23(16(10)25)9-5-6-13(20)12(19)7-9/h1-8,25H,(H,22,24,26). The molecule has 2 N–H and O–H groups in total. The van der Waals surface area contributed by atoms with E-state index in [2.05, 4.69) is 9.98 Å². The van der Waals surface area contributed by atoms with Crippen molar-refractivity contribution in [2.75, 3.05) is 0 Å². The van der Waals surface area contributed by atoms with Crippen LogP contribution < -0.4 is 5.56 Å². The van der Waals surface area contributed by atoms with E-state index in [0.29, 0.717) is 10.7 Å². The van der Waals surface area contributed by atoms with Crippen molar-refractivity contribution in [2.45, 2.75) is 0 Å². The van der Waals surface area contributed by atoms with Gasteiger partial charge in [-0.2, -0.15) is 0 Å². The third-order valence-electron chi connectivity index (χ3n) is 3.47. The molecule has 0 radical (unpaired) electrons. The Morgan fingerprint density at radius 2 is 1.92 bits per heavy atom. The van der Waals surface area contributed by atoms with Crippen LogP contribution in [0.2, 0.25) is 10.0 Å². The summed E-state index contributed by atoms with van der Waals surface area (Å²) in [5, 5.41) is 10.8. The molecule has 0 atom stereocenters. The molecule has 3 rings (SSSR count). The predicted molar refractivity (Wildman–Crippen MR) is 103 cm³/mol. The highest BCUT2D eigenvalue weighted by atomic mass is 35.5. The van der Waals surface area contributed by atoms with E-state index in [1.807, 2.05) is 0 Å². The van der Waals surface area contributed by atoms with Crippen molar-refractivity contribution in [3.8, 4) is 11.6 Å². The number of rotatable bonds is 3. The number of para-hydroxylation sites is 1. The first-order chi connectivity index (χ1) is 12.4. The molecule has 0 fully saturated rings. The van der Waals surface area contributed by atoms with Crippen LogP contribution in [0.3, 0.4) is 0 Å². The van der Waals surface area contributed by atoms with Gasteiger partial charge < -0.3 is 5.11 Å². The second-order valence-electron chi connectivity index (χ2n) is 5.14. The quantitative estimate of drug-likeness (QED) is 0.482. The first kappa shape index (κ1) is 18.3. The zero-order valence-corrected chi connectivity index (χ0v) is 15.2. The number of aromatic amines is 1. The lowest BCUT2D eigenvalue weighted by molar-refractivity contribution is 0.432. The molecule has 0 unspecified atom stereocenters. The van der Waals surface area contributed by atoms with Crippen LogP contribution in [0.25, 0.3) is 5.69 Å². The lowest BCUT2D eigenvalue weighted by Crippen LogP contribution is -2.18. The molecular formula is C17H10Cl2FN3O2S. The zero-order valence-electron chi connectivity index (χ0n) is 12.9. The van der Waals surface area contributed by atoms with Crippen molar-refractivity contribution < 1.29 is 9.50 Å². The van der Waals surface area contributed by atoms with Crippen molar-refractivity contribution in [3.05, 3.63) is 79.0 Å². The Bertz CT molecular complexity index is 1140. The smallest absolute Gasteiger partial charge is 0.264 e. The zero-order chi connectivity index (χ0) is 18.8. The van der Waals surface area contributed by atoms with E-state index in [4.69, 9.17) is 35.4 Å². The Hall–Kier alpha value is -2.48. The molecule has 5 nitrogen and oxygen atoms in total. The van der Waals surface area contributed by atoms with Crippen LogP contribution in [-0.4, -0.2) is 20.9 Å². The summed E-state index contributed by atoms with van der Waals surface area (Å²) in [6.07, 6.45) is 1.17. The number of aromatic hydroxyl groups is 1. The molecule has 0 saturated heterocycles. The fourth-order valence-corrected chi connectivity index (χ4v) is 2.85. The maximum atomic E-state index is 13.4. The van der Waals surface area contributed by atoms with Gasteiger partial charge in [0, 0.05) is 6.21 Å². The molecule has 0 spiro atoms. The highest BCUT2D eigenvalue weighted by Gasteiger charge is 2.14. The second kappa shape index (κ2) is 7.41. The number of aromatic nitrogens is 2. The van der Waals surface area contributed by atoms with E-state index in [1.54, 1.807) is 24.3 Å². The monoisotopic (exact) mass is 409 g/mol. The fraction of sp³-hybridized carbons (Fsp3) is 0. The Morgan fingerprint density at radius 1 is 1.19 bits per heavy atom. The second-order valence-corrected chi connectivity index (χ2v) is 6.34. The fourth-order valence-electron chi connectivity index (χ4n) is 2.21. The van der Waals surface area contributed by atoms with Gasteiger partial charge in [0.2, 0.25) is 5.88 Å². The topological polar surface area (TPSA) is 70.4 Å². The summed E-state index contributed by atoms with van der Waals surface area (Å²) >= 11 is 16.9. The maximum absolute atomic E-state index is 13.4. The number of benzene rings is 2. The van der Waals surface area contributed by atoms with Crippen LogP contribution >= 0.6 is 35.4 Å². The van der Waals surface area contributed by atoms with E-state index >= 15 is 0 Å². The van der Waals surface area contributed by atoms with Gasteiger partial charge in [-0.1, -0.05) is 35.3 Å². The van der Waals surface area contributed by atoms with Crippen molar-refractivity contribution in [2.24, 2.45) is 4.99 Å². The van der Waals surface area contributed by atoms with Gasteiger partial charge in [-0.15, -0.1) is 0 Å². The van der Waals surface area contributed by atoms with Crippen molar-refractivity contribution in [3.63, 3.8) is 0 Å². The van der Waals surface area contributed by atoms with Gasteiger partial charge in [-0.25, -0.2) is 4.39 Å². The number of nitrogens with one attached hydrogen (secondary N) is 1. The lowest BCUT2D eigenvalue weighted by Gasteiger charge is -2.11. The van der Waals surface area contributed by atoms with Gasteiger partial charge in [0.25, 0.3) is 5.56 Å². The van der Waals surface area contributed by atoms with E-state index in [9.17, 15) is 14.3 Å². The number of nitrogens with zero attached hydrogens (tertiary/aromatic N) is 2. The van der Waals surface area contributed by atoms with E-state index in [-0.39, 0.29) is 21.0 Å². The van der Waals surface area contributed by atoms with Gasteiger partial charge in [-0.05, 0) is 42.5 Å². The van der Waals surface area contributed by atoms with Crippen LogP contribution in [0.5, 0.6) is 5.88 Å². The number of halogens is 3. The average molecular weight is 410 g/mol. The van der Waals surface area contributed by atoms with Crippen LogP contribution in [0.4, 0.5) is 10.1 Å². The highest BCUT2D eigenvalue weighted by Crippen LogP contribution is 2.25. The number of hydrogen-bond acceptors (Lipinski definition) is 4. The third-order valence-corrected chi connectivity index (χ3v) is 4.36. The van der Waals surface area contributed by atoms with Crippen molar-refractivity contribution in [1.82, 2.24) is 9.55 Å². The van der Waals surface area contributed by atoms with Crippen LogP contribution in [0, 0.1) is 10.6 Å². The van der Waals surface area contributed by atoms with Gasteiger partial charge in [0.1, 0.15) is 11.4 Å². The van der Waals surface area contributed by atoms with E-state index in [1.165, 1.54) is 18.3 Å². The first-order valence-electron chi connectivity index (χ1n) is 7.21. The number of H-pyrrole nitrogens is 1. The van der Waals surface area contributed by atoms with Gasteiger partial charge in [0.15, 0.2) is 4.77 Å². The van der Waals surface area contributed by atoms with E-state index < -0.39 is 17.3 Å². The van der Waals surface area contributed by atoms with Crippen LogP contribution in [0.1, 0.15) is 5.56 Å². The van der Waals surface area contributed by atoms with Gasteiger partial charge in [0.05, 0.1) is 21.4 Å². The molecule has 132 valence electrons. The molecular weight excluding hydrogens is 400 g/mol. The van der Waals surface area contributed by atoms with Crippen LogP contribution in [0.15, 0.2) is 52.3 Å². The lowest BCUT2D eigenvalue weighted by atomic mass is 10.2. The van der Waals surface area contributed by atoms with E-state index in [0.717, 1.165) is 10.6 Å². The summed E-state index contributed by atoms with van der Waals surface area (Å²) in [5.74, 6) is -1.08. The Labute approximate surface area is 162 Å². The molecule has 3 aromatic rings. The third kappa shape index (κ3) is 3.55. The molecule has 2 aromatic carbocycles. The minimum absolute atomic E-state index is 0.0786. The number of aliphatic imine (C=N–C) groups is 1. The highest BCUT2D eigenvalue weighted by molar-refractivity contribution is 7.71. The Kier molecular flexibility index (Phi) is 5.22. The molecule has 9 heteroatoms. The number of hydrogen-bond donors (Lipinski definition) is 2. The largest absolute Gasteiger partial charge is 0.494 e. The summed E-state index contributed by atoms with van der Waals surface area (Å²) in [5.41, 5.74) is -0.0685. The first-order valence-corrected chi connectivity index (χ1v) is 8.37. The molecule has 0 aliphatic carbocycles. The molecule has 1 heterocycles. The molecule has 26 heavy (non-hydrogen) atoms. The van der Waals surface area contributed by atoms with Crippen molar-refractivity contribution in [1.29, 1.82) is 0 Å². The minimum Gasteiger partial charge on any atom is -0.494 e. The molecule has 0 saturated carbocycles. The van der Waals surface area contributed by atoms with Crippen molar-refractivity contribution >= 4 is 47.3 Å². The molecule has 1 aromatic heterocycles. The van der Waals surface area contributed by atoms with Gasteiger partial charge in [-0.3, -0.25) is 19.3 Å². The Morgan fingerprint density at radius 3 is 2.62 bits per heavy atom. The average Bonchev–Trinajstić information content (AvgIpc) is 2.59.